The van der Waals surface area contributed by atoms with E-state index in [2.05, 4.69) is 268 Å². The van der Waals surface area contributed by atoms with Gasteiger partial charge in [0.05, 0.1) is 11.0 Å². The van der Waals surface area contributed by atoms with Crippen molar-refractivity contribution in [2.45, 2.75) is 81.0 Å². The Morgan fingerprint density at radius 2 is 0.657 bits per heavy atom. The molecule has 0 saturated carbocycles. The molecule has 0 unspecified atom stereocenters. The maximum atomic E-state index is 8.34. The Balaban J connectivity index is 0.000000110. The fourth-order valence-corrected chi connectivity index (χ4v) is 15.4. The van der Waals surface area contributed by atoms with Crippen molar-refractivity contribution in [3.05, 3.63) is 300 Å². The molecule has 0 aliphatic heterocycles. The molecule has 0 fully saturated rings. The Hall–Kier alpha value is -12.7. The largest absolute Gasteiger partial charge is 0.450 e. The predicted octanol–water partition coefficient (Wildman–Crippen LogP) is 23.8. The van der Waals surface area contributed by atoms with Crippen LogP contribution in [0.2, 0.25) is 0 Å². The van der Waals surface area contributed by atoms with E-state index >= 15 is 0 Å². The molecule has 10 nitrogen and oxygen atoms in total. The van der Waals surface area contributed by atoms with Crippen LogP contribution in [0.4, 0.5) is 0 Å². The molecule has 0 amide bonds. The van der Waals surface area contributed by atoms with Gasteiger partial charge in [-0.15, -0.1) is 0 Å². The van der Waals surface area contributed by atoms with Gasteiger partial charge < -0.3 is 17.7 Å². The number of aryl methyl sites for hydroxylation is 10. The summed E-state index contributed by atoms with van der Waals surface area (Å²) in [4.78, 5) is 9.44. The molecule has 20 aromatic rings. The molecular weight excluding hydrogens is 1330 g/mol. The van der Waals surface area contributed by atoms with Crippen molar-refractivity contribution in [2.75, 3.05) is 0 Å². The summed E-state index contributed by atoms with van der Waals surface area (Å²) in [7, 11) is 8.14. The van der Waals surface area contributed by atoms with E-state index in [1.165, 1.54) is 61.4 Å². The van der Waals surface area contributed by atoms with Gasteiger partial charge >= 0.3 is 0 Å². The third-order valence-corrected chi connectivity index (χ3v) is 21.4. The quantitative estimate of drug-likeness (QED) is 0.154. The van der Waals surface area contributed by atoms with Gasteiger partial charge in [-0.05, 0) is 187 Å². The second-order valence-electron chi connectivity index (χ2n) is 29.5. The Morgan fingerprint density at radius 1 is 0.296 bits per heavy atom. The molecule has 10 heterocycles. The number of pyridine rings is 6. The molecule has 0 aliphatic carbocycles. The summed E-state index contributed by atoms with van der Waals surface area (Å²) in [5.41, 5.74) is 25.8. The molecule has 0 N–H and O–H groups in total. The van der Waals surface area contributed by atoms with Crippen LogP contribution in [0.15, 0.2) is 273 Å². The number of para-hydroxylation sites is 1. The van der Waals surface area contributed by atoms with E-state index in [1.54, 1.807) is 12.1 Å². The molecular formula is C98H86N6O4+4. The van der Waals surface area contributed by atoms with Gasteiger partial charge in [0.1, 0.15) is 39.4 Å². The summed E-state index contributed by atoms with van der Waals surface area (Å²) in [5, 5.41) is 15.3. The first-order chi connectivity index (χ1) is 54.0. The van der Waals surface area contributed by atoms with Crippen molar-refractivity contribution in [1.82, 2.24) is 9.97 Å². The molecule has 20 rings (SSSR count). The van der Waals surface area contributed by atoms with Crippen LogP contribution in [-0.2, 0) is 28.2 Å². The zero-order valence-corrected chi connectivity index (χ0v) is 63.1. The van der Waals surface area contributed by atoms with E-state index in [4.69, 9.17) is 29.5 Å². The van der Waals surface area contributed by atoms with E-state index < -0.39 is 18.6 Å². The van der Waals surface area contributed by atoms with Crippen LogP contribution < -0.4 is 18.3 Å². The summed E-state index contributed by atoms with van der Waals surface area (Å²) in [6.45, 7) is 16.0. The molecule has 10 heteroatoms. The summed E-state index contributed by atoms with van der Waals surface area (Å²) in [5.74, 6) is -1.28. The van der Waals surface area contributed by atoms with Crippen LogP contribution in [-0.4, -0.2) is 9.97 Å². The lowest BCUT2D eigenvalue weighted by atomic mass is 9.98. The number of nitrogens with zero attached hydrogens (tertiary/aromatic N) is 6. The highest BCUT2D eigenvalue weighted by molar-refractivity contribution is 6.13. The monoisotopic (exact) mass is 1420 g/mol. The number of furan rings is 4. The van der Waals surface area contributed by atoms with Gasteiger partial charge in [-0.2, -0.15) is 18.3 Å². The van der Waals surface area contributed by atoms with Gasteiger partial charge in [0.2, 0.25) is 70.2 Å². The van der Waals surface area contributed by atoms with E-state index in [0.29, 0.717) is 17.0 Å². The SMILES string of the molecule is Cc1ccc2cc3c(nc2c1)oc1c[n+](C)c(-c2ccccc2C)cc13.Cc1ccccc1-c1cc2c(c[n+]1C)oc1nc3ccccc3cc12.[2H]C(C)(C)c1ccc2cc3c(cc2c1)oc1c[n+](C)c(-c2ccccc2C)cc13.[2H]C([2H])([2H])c1ccc(-c2cc3c(c[n+]2C)oc2cc4cc(C([2H])(C)C)ccc4cc23)c(C)c1. The van der Waals surface area contributed by atoms with Crippen molar-refractivity contribution in [2.24, 2.45) is 28.2 Å². The Kier molecular flexibility index (Phi) is 15.9. The topological polar surface area (TPSA) is 93.9 Å². The third kappa shape index (κ3) is 12.6. The molecule has 528 valence electrons. The van der Waals surface area contributed by atoms with E-state index in [-0.39, 0.29) is 0 Å². The molecule has 0 bridgehead atoms. The summed E-state index contributed by atoms with van der Waals surface area (Å²) >= 11 is 0. The fraction of sp³-hybridized carbons (Fsp3) is 0.163. The van der Waals surface area contributed by atoms with E-state index in [1.807, 2.05) is 89.0 Å². The third-order valence-electron chi connectivity index (χ3n) is 21.4. The van der Waals surface area contributed by atoms with Gasteiger partial charge in [-0.25, -0.2) is 9.97 Å². The summed E-state index contributed by atoms with van der Waals surface area (Å²) in [6, 6.07) is 79.3. The van der Waals surface area contributed by atoms with Gasteiger partial charge in [0, 0.05) is 107 Å². The van der Waals surface area contributed by atoms with Crippen molar-refractivity contribution >= 4 is 131 Å². The van der Waals surface area contributed by atoms with Crippen LogP contribution in [0, 0.1) is 41.5 Å². The van der Waals surface area contributed by atoms with Gasteiger partial charge in [-0.1, -0.05) is 167 Å². The van der Waals surface area contributed by atoms with Crippen molar-refractivity contribution in [3.63, 3.8) is 0 Å². The minimum Gasteiger partial charge on any atom is -0.450 e. The second kappa shape index (κ2) is 27.4. The number of hydrogen-bond donors (Lipinski definition) is 0. The van der Waals surface area contributed by atoms with Crippen LogP contribution in [0.25, 0.3) is 176 Å². The van der Waals surface area contributed by atoms with E-state index in [9.17, 15) is 0 Å². The highest BCUT2D eigenvalue weighted by Crippen LogP contribution is 2.40. The Morgan fingerprint density at radius 3 is 1.09 bits per heavy atom. The van der Waals surface area contributed by atoms with Crippen LogP contribution in [0.1, 0.15) is 90.8 Å². The molecule has 0 aliphatic rings. The molecule has 0 saturated heterocycles. The molecule has 10 aromatic carbocycles. The minimum atomic E-state index is -2.12. The molecule has 0 spiro atoms. The average molecular weight is 1420 g/mol. The molecule has 0 radical (unpaired) electrons. The maximum Gasteiger partial charge on any atom is 0.228 e. The molecule has 10 aromatic heterocycles. The molecule has 108 heavy (non-hydrogen) atoms. The number of rotatable bonds is 6. The van der Waals surface area contributed by atoms with Crippen molar-refractivity contribution in [3.8, 4) is 45.0 Å². The fourth-order valence-electron chi connectivity index (χ4n) is 15.4. The summed E-state index contributed by atoms with van der Waals surface area (Å²) < 4.78 is 72.6. The number of benzene rings is 10. The normalized spacial score (nSPS) is 12.8. The van der Waals surface area contributed by atoms with Crippen LogP contribution in [0.5, 0.6) is 0 Å². The highest BCUT2D eigenvalue weighted by Gasteiger charge is 2.25. The molecule has 0 atom stereocenters. The standard InChI is InChI=1S/C27H26NO.C26H24NO.C23H19N2O.C22H17N2O/c1-16(2)19-7-8-20-12-23-24-14-25(22-9-6-17(3)10-18(22)4)28(5)15-27(24)29-26(23)13-21(20)11-19;1-16(2)18-9-10-19-12-22-23-14-24(21-8-6-5-7-17(21)3)27(4)15-26(23)28-25(22)13-20(19)11-18;1-14-8-9-16-11-19-18-12-21(17-7-5-4-6-15(17)2)25(3)13-22(18)26-23(19)24-20(16)10-14;1-14-7-3-5-9-16(14)20-12-17-18-11-15-8-4-6-10-19(15)23-22(18)25-21(17)13-24(20)2/h6-16H,1-5H3;5-16H,1-4H3;4-13H,1-3H3;3-13H,1-2H3/q4*+1/i3D3,16D;16D;;. The lowest BCUT2D eigenvalue weighted by Crippen LogP contribution is -2.30. The lowest BCUT2D eigenvalue weighted by molar-refractivity contribution is -0.659. The minimum absolute atomic E-state index is 0.350. The first-order valence-electron chi connectivity index (χ1n) is 39.2. The van der Waals surface area contributed by atoms with Crippen molar-refractivity contribution in [1.29, 1.82) is 0 Å². The summed E-state index contributed by atoms with van der Waals surface area (Å²) in [6.07, 6.45) is 8.14. The maximum absolute atomic E-state index is 8.34. The number of hydrogen-bond acceptors (Lipinski definition) is 6. The zero-order valence-electron chi connectivity index (χ0n) is 68.1. The smallest absolute Gasteiger partial charge is 0.228 e. The highest BCUT2D eigenvalue weighted by atomic mass is 16.3. The van der Waals surface area contributed by atoms with Gasteiger partial charge in [0.15, 0.2) is 11.2 Å². The number of aromatic nitrogens is 6. The van der Waals surface area contributed by atoms with E-state index in [0.717, 1.165) is 143 Å². The van der Waals surface area contributed by atoms with Gasteiger partial charge in [-0.3, -0.25) is 0 Å². The Labute approximate surface area is 634 Å². The average Bonchev–Trinajstić information content (AvgIpc) is 1.63. The second-order valence-corrected chi connectivity index (χ2v) is 29.5. The zero-order chi connectivity index (χ0) is 78.8. The van der Waals surface area contributed by atoms with Gasteiger partial charge in [0.25, 0.3) is 0 Å². The van der Waals surface area contributed by atoms with Crippen LogP contribution >= 0.6 is 0 Å². The van der Waals surface area contributed by atoms with Crippen molar-refractivity contribution < 1.29 is 42.8 Å². The Bertz CT molecular complexity index is 7270. The first-order valence-corrected chi connectivity index (χ1v) is 36.7. The predicted molar refractivity (Wildman–Crippen MR) is 444 cm³/mol. The number of fused-ring (bicyclic) bond motifs is 16. The first kappa shape index (κ1) is 62.7. The lowest BCUT2D eigenvalue weighted by Gasteiger charge is -2.07. The van der Waals surface area contributed by atoms with Crippen LogP contribution in [0.3, 0.4) is 0 Å².